The van der Waals surface area contributed by atoms with E-state index >= 15 is 0 Å². The molecule has 4 aliphatic rings. The molecular weight excluding hydrogens is 378 g/mol. The van der Waals surface area contributed by atoms with Gasteiger partial charge in [0.2, 0.25) is 0 Å². The first kappa shape index (κ1) is 17.7. The third-order valence-corrected chi connectivity index (χ3v) is 7.29. The van der Waals surface area contributed by atoms with Gasteiger partial charge in [-0.1, -0.05) is 29.8 Å². The predicted molar refractivity (Wildman–Crippen MR) is 103 cm³/mol. The number of nitrogens with zero attached hydrogens (tertiary/aromatic N) is 2. The zero-order chi connectivity index (χ0) is 19.5. The van der Waals surface area contributed by atoms with Gasteiger partial charge in [0.1, 0.15) is 5.02 Å². The van der Waals surface area contributed by atoms with Crippen molar-refractivity contribution < 1.29 is 9.90 Å². The van der Waals surface area contributed by atoms with Crippen LogP contribution >= 0.6 is 11.6 Å². The molecule has 6 nitrogen and oxygen atoms in total. The maximum Gasteiger partial charge on any atom is 0.288 e. The normalized spacial score (nSPS) is 33.0. The van der Waals surface area contributed by atoms with E-state index in [2.05, 4.69) is 10.4 Å². The highest BCUT2D eigenvalue weighted by Gasteiger charge is 2.59. The van der Waals surface area contributed by atoms with Gasteiger partial charge < -0.3 is 15.2 Å². The summed E-state index contributed by atoms with van der Waals surface area (Å²) >= 11 is 6.42. The van der Waals surface area contributed by atoms with Gasteiger partial charge in [-0.15, -0.1) is 0 Å². The number of para-hydroxylation sites is 1. The lowest BCUT2D eigenvalue weighted by Crippen LogP contribution is -2.65. The molecule has 1 heterocycles. The van der Waals surface area contributed by atoms with Crippen molar-refractivity contribution in [3.63, 3.8) is 0 Å². The Morgan fingerprint density at radius 3 is 2.50 bits per heavy atom. The number of halogens is 1. The minimum atomic E-state index is -1.07. The van der Waals surface area contributed by atoms with Crippen LogP contribution < -0.4 is 16.0 Å². The van der Waals surface area contributed by atoms with Gasteiger partial charge in [-0.05, 0) is 62.0 Å². The number of aliphatic carboxylic acids is 1. The lowest BCUT2D eigenvalue weighted by atomic mass is 9.48. The first-order valence-electron chi connectivity index (χ1n) is 9.79. The SMILES string of the molecule is O=C([O-])[C@H]1C2C[C@@H]3C[C@H](C2)CC1(n1ncc(Nc2ccccc2)c(Cl)c1=O)C3. The summed E-state index contributed by atoms with van der Waals surface area (Å²) in [5.41, 5.74) is -0.0371. The largest absolute Gasteiger partial charge is 0.550 e. The van der Waals surface area contributed by atoms with Gasteiger partial charge in [0.05, 0.1) is 17.4 Å². The van der Waals surface area contributed by atoms with Crippen molar-refractivity contribution in [2.75, 3.05) is 5.32 Å². The molecule has 0 amide bonds. The number of aromatic nitrogens is 2. The fourth-order valence-corrected chi connectivity index (χ4v) is 6.40. The van der Waals surface area contributed by atoms with Crippen molar-refractivity contribution >= 4 is 28.9 Å². The molecule has 2 aromatic rings. The first-order valence-corrected chi connectivity index (χ1v) is 10.2. The Labute approximate surface area is 167 Å². The average molecular weight is 399 g/mol. The molecule has 28 heavy (non-hydrogen) atoms. The van der Waals surface area contributed by atoms with Crippen molar-refractivity contribution in [1.82, 2.24) is 9.78 Å². The van der Waals surface area contributed by atoms with Gasteiger partial charge in [-0.25, -0.2) is 4.68 Å². The summed E-state index contributed by atoms with van der Waals surface area (Å²) in [5, 5.41) is 19.6. The van der Waals surface area contributed by atoms with Gasteiger partial charge in [-0.3, -0.25) is 4.79 Å². The summed E-state index contributed by atoms with van der Waals surface area (Å²) in [4.78, 5) is 25.3. The number of anilines is 2. The van der Waals surface area contributed by atoms with Gasteiger partial charge in [0.15, 0.2) is 0 Å². The molecule has 1 aromatic carbocycles. The third-order valence-electron chi connectivity index (χ3n) is 6.92. The van der Waals surface area contributed by atoms with E-state index in [9.17, 15) is 14.7 Å². The number of carbonyl (C=O) groups is 1. The van der Waals surface area contributed by atoms with Crippen LogP contribution in [-0.4, -0.2) is 15.7 Å². The van der Waals surface area contributed by atoms with E-state index in [1.807, 2.05) is 30.3 Å². The molecular formula is C21H21ClN3O3-. The second-order valence-corrected chi connectivity index (χ2v) is 8.97. The minimum Gasteiger partial charge on any atom is -0.550 e. The second-order valence-electron chi connectivity index (χ2n) is 8.59. The van der Waals surface area contributed by atoms with Crippen molar-refractivity contribution in [3.05, 3.63) is 51.9 Å². The molecule has 0 aliphatic heterocycles. The summed E-state index contributed by atoms with van der Waals surface area (Å²) in [6.07, 6.45) is 5.79. The molecule has 1 N–H and O–H groups in total. The molecule has 0 spiro atoms. The second kappa shape index (κ2) is 6.34. The summed E-state index contributed by atoms with van der Waals surface area (Å²) in [6.45, 7) is 0. The van der Waals surface area contributed by atoms with Crippen molar-refractivity contribution in [2.45, 2.75) is 37.6 Å². The molecule has 4 saturated carbocycles. The number of carbonyl (C=O) groups excluding carboxylic acids is 1. The van der Waals surface area contributed by atoms with Gasteiger partial charge >= 0.3 is 0 Å². The van der Waals surface area contributed by atoms with E-state index in [-0.39, 0.29) is 10.9 Å². The van der Waals surface area contributed by atoms with Crippen molar-refractivity contribution in [3.8, 4) is 0 Å². The maximum absolute atomic E-state index is 13.2. The molecule has 2 unspecified atom stereocenters. The summed E-state index contributed by atoms with van der Waals surface area (Å²) in [7, 11) is 0. The van der Waals surface area contributed by atoms with Crippen LogP contribution in [0.4, 0.5) is 11.4 Å². The average Bonchev–Trinajstić information content (AvgIpc) is 2.65. The fourth-order valence-electron chi connectivity index (χ4n) is 6.23. The number of carboxylic acids is 1. The maximum atomic E-state index is 13.2. The number of nitrogens with one attached hydrogen (secondary N) is 1. The van der Waals surface area contributed by atoms with Crippen LogP contribution in [0, 0.1) is 23.7 Å². The molecule has 1 aromatic heterocycles. The Hall–Kier alpha value is -2.34. The summed E-state index contributed by atoms with van der Waals surface area (Å²) in [6, 6.07) is 9.39. The zero-order valence-corrected chi connectivity index (χ0v) is 16.1. The van der Waals surface area contributed by atoms with E-state index in [0.29, 0.717) is 30.4 Å². The Kier molecular flexibility index (Phi) is 4.02. The molecule has 4 bridgehead atoms. The van der Waals surface area contributed by atoms with Crippen LogP contribution in [0.5, 0.6) is 0 Å². The molecule has 0 radical (unpaired) electrons. The zero-order valence-electron chi connectivity index (χ0n) is 15.3. The van der Waals surface area contributed by atoms with Gasteiger partial charge in [-0.2, -0.15) is 5.10 Å². The quantitative estimate of drug-likeness (QED) is 0.855. The molecule has 0 saturated heterocycles. The summed E-state index contributed by atoms with van der Waals surface area (Å²) in [5.74, 6) is -0.800. The number of carboxylic acid groups (broad SMARTS) is 1. The van der Waals surface area contributed by atoms with E-state index in [1.165, 1.54) is 10.9 Å². The van der Waals surface area contributed by atoms with Crippen molar-refractivity contribution in [1.29, 1.82) is 0 Å². The number of hydrogen-bond acceptors (Lipinski definition) is 5. The molecule has 4 fully saturated rings. The number of rotatable bonds is 4. The van der Waals surface area contributed by atoms with Crippen LogP contribution in [0.2, 0.25) is 5.02 Å². The lowest BCUT2D eigenvalue weighted by molar-refractivity contribution is -0.323. The van der Waals surface area contributed by atoms with E-state index in [4.69, 9.17) is 11.6 Å². The molecule has 146 valence electrons. The smallest absolute Gasteiger partial charge is 0.288 e. The third kappa shape index (κ3) is 2.58. The first-order chi connectivity index (χ1) is 13.5. The molecule has 5 atom stereocenters. The van der Waals surface area contributed by atoms with Crippen LogP contribution in [0.1, 0.15) is 32.1 Å². The standard InChI is InChI=1S/C21H22ClN3O3/c22-18-16(24-15-4-2-1-3-5-15)11-23-25(19(18)26)21-9-12-6-13(10-21)8-14(7-12)17(21)20(27)28/h1-5,11-14,17,24H,6-10H2,(H,27,28)/p-1/t12-,13+,14?,17-,21?/m1/s1. The molecule has 4 aliphatic carbocycles. The Bertz CT molecular complexity index is 976. The van der Waals surface area contributed by atoms with E-state index in [0.717, 1.165) is 24.9 Å². The molecule has 6 rings (SSSR count). The Morgan fingerprint density at radius 1 is 1.18 bits per heavy atom. The molecule has 7 heteroatoms. The Balaban J connectivity index is 1.58. The van der Waals surface area contributed by atoms with E-state index in [1.54, 1.807) is 0 Å². The monoisotopic (exact) mass is 398 g/mol. The highest BCUT2D eigenvalue weighted by atomic mass is 35.5. The van der Waals surface area contributed by atoms with Crippen LogP contribution in [-0.2, 0) is 10.3 Å². The van der Waals surface area contributed by atoms with E-state index < -0.39 is 23.0 Å². The highest BCUT2D eigenvalue weighted by Crippen LogP contribution is 2.61. The predicted octanol–water partition coefficient (Wildman–Crippen LogP) is 2.54. The van der Waals surface area contributed by atoms with Crippen LogP contribution in [0.3, 0.4) is 0 Å². The van der Waals surface area contributed by atoms with Crippen LogP contribution in [0.25, 0.3) is 0 Å². The lowest BCUT2D eigenvalue weighted by Gasteiger charge is -2.61. The minimum absolute atomic E-state index is 0.0340. The van der Waals surface area contributed by atoms with Gasteiger partial charge in [0, 0.05) is 17.6 Å². The van der Waals surface area contributed by atoms with Gasteiger partial charge in [0.25, 0.3) is 5.56 Å². The Morgan fingerprint density at radius 2 is 1.86 bits per heavy atom. The van der Waals surface area contributed by atoms with Crippen LogP contribution in [0.15, 0.2) is 41.3 Å². The summed E-state index contributed by atoms with van der Waals surface area (Å²) < 4.78 is 1.37. The topological polar surface area (TPSA) is 87.0 Å². The number of benzene rings is 1. The van der Waals surface area contributed by atoms with Crippen molar-refractivity contribution in [2.24, 2.45) is 23.7 Å². The number of hydrogen-bond donors (Lipinski definition) is 1. The fraction of sp³-hybridized carbons (Fsp3) is 0.476. The highest BCUT2D eigenvalue weighted by molar-refractivity contribution is 6.33.